The summed E-state index contributed by atoms with van der Waals surface area (Å²) in [5, 5.41) is 0. The van der Waals surface area contributed by atoms with Gasteiger partial charge in [0.15, 0.2) is 0 Å². The second-order valence-electron chi connectivity index (χ2n) is 7.66. The quantitative estimate of drug-likeness (QED) is 0.898. The van der Waals surface area contributed by atoms with Crippen LogP contribution in [0.25, 0.3) is 0 Å². The van der Waals surface area contributed by atoms with E-state index in [1.807, 2.05) is 19.1 Å². The molecule has 4 rings (SSSR count). The number of fused-ring (bicyclic) bond motifs is 2. The van der Waals surface area contributed by atoms with Crippen molar-refractivity contribution in [1.82, 2.24) is 4.31 Å². The number of nitrogens with one attached hydrogen (secondary N) is 1. The lowest BCUT2D eigenvalue weighted by molar-refractivity contribution is -0.932. The van der Waals surface area contributed by atoms with Crippen LogP contribution in [0.3, 0.4) is 0 Å². The number of aryl methyl sites for hydroxylation is 1. The van der Waals surface area contributed by atoms with Crippen molar-refractivity contribution in [1.29, 1.82) is 0 Å². The standard InChI is InChI=1S/C18H26N2O2S/c1-14-2-6-17(7-3-14)23(21,22)20-10-8-19(9-11-20)18-13-15-4-5-16(18)12-15/h2-3,6-7,15-16,18H,4-5,8-13H2,1H3/p+1/t15-,16+,18+/m0/s1. The van der Waals surface area contributed by atoms with E-state index < -0.39 is 10.0 Å². The molecule has 0 spiro atoms. The van der Waals surface area contributed by atoms with E-state index in [1.165, 1.54) is 25.7 Å². The van der Waals surface area contributed by atoms with Gasteiger partial charge in [-0.25, -0.2) is 8.42 Å². The molecular formula is C18H27N2O2S+. The SMILES string of the molecule is Cc1ccc(S(=O)(=O)N2CC[NH+]([C@@H]3C[C@H]4CC[C@@H]3C4)CC2)cc1. The van der Waals surface area contributed by atoms with Crippen molar-refractivity contribution < 1.29 is 13.3 Å². The number of sulfonamides is 1. The number of rotatable bonds is 3. The number of hydrogen-bond acceptors (Lipinski definition) is 2. The Bertz CT molecular complexity index is 663. The summed E-state index contributed by atoms with van der Waals surface area (Å²) >= 11 is 0. The molecule has 3 atom stereocenters. The van der Waals surface area contributed by atoms with E-state index in [9.17, 15) is 8.42 Å². The van der Waals surface area contributed by atoms with Crippen LogP contribution < -0.4 is 4.90 Å². The topological polar surface area (TPSA) is 41.8 Å². The van der Waals surface area contributed by atoms with Gasteiger partial charge >= 0.3 is 0 Å². The molecule has 1 aliphatic heterocycles. The van der Waals surface area contributed by atoms with E-state index in [2.05, 4.69) is 0 Å². The lowest BCUT2D eigenvalue weighted by atomic mass is 9.93. The largest absolute Gasteiger partial charge is 0.330 e. The molecular weight excluding hydrogens is 308 g/mol. The zero-order valence-corrected chi connectivity index (χ0v) is 14.7. The van der Waals surface area contributed by atoms with Crippen molar-refractivity contribution in [3.05, 3.63) is 29.8 Å². The summed E-state index contributed by atoms with van der Waals surface area (Å²) in [5.41, 5.74) is 1.09. The number of piperazine rings is 1. The van der Waals surface area contributed by atoms with Gasteiger partial charge in [-0.2, -0.15) is 4.31 Å². The highest BCUT2D eigenvalue weighted by Gasteiger charge is 2.46. The minimum atomic E-state index is -3.32. The Balaban J connectivity index is 1.42. The normalized spacial score (nSPS) is 32.5. The molecule has 3 fully saturated rings. The zero-order valence-electron chi connectivity index (χ0n) is 13.9. The van der Waals surface area contributed by atoms with Gasteiger partial charge in [0.25, 0.3) is 0 Å². The van der Waals surface area contributed by atoms with Gasteiger partial charge in [0.1, 0.15) is 0 Å². The summed E-state index contributed by atoms with van der Waals surface area (Å²) in [6.07, 6.45) is 5.65. The summed E-state index contributed by atoms with van der Waals surface area (Å²) in [7, 11) is -3.32. The third-order valence-corrected chi connectivity index (χ3v) is 8.20. The molecule has 0 aromatic heterocycles. The molecule has 2 bridgehead atoms. The minimum Gasteiger partial charge on any atom is -0.330 e. The van der Waals surface area contributed by atoms with E-state index in [-0.39, 0.29) is 0 Å². The van der Waals surface area contributed by atoms with Crippen LogP contribution in [-0.4, -0.2) is 44.9 Å². The van der Waals surface area contributed by atoms with Crippen LogP contribution in [-0.2, 0) is 10.0 Å². The fraction of sp³-hybridized carbons (Fsp3) is 0.667. The van der Waals surface area contributed by atoms with E-state index >= 15 is 0 Å². The number of nitrogens with zero attached hydrogens (tertiary/aromatic N) is 1. The first-order valence-electron chi connectivity index (χ1n) is 8.95. The number of quaternary nitrogens is 1. The second-order valence-corrected chi connectivity index (χ2v) is 9.59. The number of benzene rings is 1. The van der Waals surface area contributed by atoms with Crippen molar-refractivity contribution >= 4 is 10.0 Å². The molecule has 1 N–H and O–H groups in total. The smallest absolute Gasteiger partial charge is 0.243 e. The van der Waals surface area contributed by atoms with Crippen LogP contribution in [0.5, 0.6) is 0 Å². The maximum atomic E-state index is 12.8. The molecule has 0 radical (unpaired) electrons. The van der Waals surface area contributed by atoms with Gasteiger partial charge in [-0.15, -0.1) is 0 Å². The van der Waals surface area contributed by atoms with Crippen LogP contribution >= 0.6 is 0 Å². The lowest BCUT2D eigenvalue weighted by Gasteiger charge is -2.37. The van der Waals surface area contributed by atoms with Gasteiger partial charge in [-0.05, 0) is 44.2 Å². The summed E-state index contributed by atoms with van der Waals surface area (Å²) in [6, 6.07) is 8.03. The molecule has 1 heterocycles. The Morgan fingerprint density at radius 1 is 1.04 bits per heavy atom. The van der Waals surface area contributed by atoms with Crippen LogP contribution in [0.15, 0.2) is 29.2 Å². The Kier molecular flexibility index (Phi) is 3.98. The molecule has 23 heavy (non-hydrogen) atoms. The van der Waals surface area contributed by atoms with Gasteiger partial charge < -0.3 is 4.90 Å². The average molecular weight is 335 g/mol. The Morgan fingerprint density at radius 3 is 2.30 bits per heavy atom. The van der Waals surface area contributed by atoms with Crippen LogP contribution in [0.2, 0.25) is 0 Å². The third kappa shape index (κ3) is 2.83. The summed E-state index contributed by atoms with van der Waals surface area (Å²) in [4.78, 5) is 2.10. The molecule has 0 amide bonds. The van der Waals surface area contributed by atoms with Crippen molar-refractivity contribution in [3.8, 4) is 0 Å². The molecule has 2 saturated carbocycles. The first kappa shape index (κ1) is 15.6. The summed E-state index contributed by atoms with van der Waals surface area (Å²) < 4.78 is 27.2. The molecule has 126 valence electrons. The zero-order chi connectivity index (χ0) is 16.0. The van der Waals surface area contributed by atoms with Crippen molar-refractivity contribution in [2.75, 3.05) is 26.2 Å². The van der Waals surface area contributed by atoms with Gasteiger partial charge in [-0.3, -0.25) is 0 Å². The molecule has 1 aromatic carbocycles. The number of hydrogen-bond donors (Lipinski definition) is 1. The van der Waals surface area contributed by atoms with Crippen LogP contribution in [0, 0.1) is 18.8 Å². The second kappa shape index (κ2) is 5.87. The van der Waals surface area contributed by atoms with Crippen LogP contribution in [0.4, 0.5) is 0 Å². The molecule has 3 aliphatic rings. The predicted molar refractivity (Wildman–Crippen MR) is 89.9 cm³/mol. The first-order chi connectivity index (χ1) is 11.0. The van der Waals surface area contributed by atoms with Gasteiger partial charge in [-0.1, -0.05) is 17.7 Å². The monoisotopic (exact) mass is 335 g/mol. The first-order valence-corrected chi connectivity index (χ1v) is 10.4. The van der Waals surface area contributed by atoms with Crippen LogP contribution in [0.1, 0.15) is 31.2 Å². The van der Waals surface area contributed by atoms with Gasteiger partial charge in [0, 0.05) is 12.3 Å². The molecule has 2 aliphatic carbocycles. The molecule has 1 saturated heterocycles. The fourth-order valence-electron chi connectivity index (χ4n) is 4.99. The Hall–Kier alpha value is -0.910. The lowest BCUT2D eigenvalue weighted by Crippen LogP contribution is -3.18. The molecule has 0 unspecified atom stereocenters. The molecule has 1 aromatic rings. The minimum absolute atomic E-state index is 0.437. The van der Waals surface area contributed by atoms with E-state index in [4.69, 9.17) is 0 Å². The Morgan fingerprint density at radius 2 is 1.74 bits per heavy atom. The van der Waals surface area contributed by atoms with E-state index in [1.54, 1.807) is 21.3 Å². The Labute approximate surface area is 139 Å². The molecule has 4 nitrogen and oxygen atoms in total. The fourth-order valence-corrected chi connectivity index (χ4v) is 6.43. The third-order valence-electron chi connectivity index (χ3n) is 6.29. The van der Waals surface area contributed by atoms with E-state index in [0.29, 0.717) is 18.0 Å². The van der Waals surface area contributed by atoms with E-state index in [0.717, 1.165) is 36.5 Å². The highest BCUT2D eigenvalue weighted by Crippen LogP contribution is 2.43. The summed E-state index contributed by atoms with van der Waals surface area (Å²) in [6.45, 7) is 5.25. The molecule has 5 heteroatoms. The van der Waals surface area contributed by atoms with Gasteiger partial charge in [0.05, 0.1) is 37.1 Å². The maximum Gasteiger partial charge on any atom is 0.243 e. The predicted octanol–water partition coefficient (Wildman–Crippen LogP) is 1.07. The average Bonchev–Trinajstić information content (AvgIpc) is 3.18. The van der Waals surface area contributed by atoms with Gasteiger partial charge in [0.2, 0.25) is 10.0 Å². The van der Waals surface area contributed by atoms with Crippen molar-refractivity contribution in [2.24, 2.45) is 11.8 Å². The van der Waals surface area contributed by atoms with Crippen molar-refractivity contribution in [2.45, 2.75) is 43.5 Å². The highest BCUT2D eigenvalue weighted by molar-refractivity contribution is 7.89. The van der Waals surface area contributed by atoms with Crippen molar-refractivity contribution in [3.63, 3.8) is 0 Å². The summed E-state index contributed by atoms with van der Waals surface area (Å²) in [5.74, 6) is 1.88. The highest BCUT2D eigenvalue weighted by atomic mass is 32.2. The maximum absolute atomic E-state index is 12.8.